The lowest BCUT2D eigenvalue weighted by Crippen LogP contribution is -2.04. The van der Waals surface area contributed by atoms with Gasteiger partial charge in [-0.25, -0.2) is 4.79 Å². The molecule has 0 amide bonds. The van der Waals surface area contributed by atoms with Crippen LogP contribution in [-0.4, -0.2) is 12.6 Å². The number of ether oxygens (including phenoxy) is 1. The number of thiophene rings is 1. The van der Waals surface area contributed by atoms with Crippen LogP contribution < -0.4 is 11.5 Å². The lowest BCUT2D eigenvalue weighted by molar-refractivity contribution is 0.0531. The molecule has 4 nitrogen and oxygen atoms in total. The monoisotopic (exact) mass is 200 g/mol. The molecule has 0 spiro atoms. The fourth-order valence-electron chi connectivity index (χ4n) is 0.940. The quantitative estimate of drug-likeness (QED) is 0.707. The average molecular weight is 200 g/mol. The van der Waals surface area contributed by atoms with Crippen molar-refractivity contribution >= 4 is 28.0 Å². The van der Waals surface area contributed by atoms with E-state index in [4.69, 9.17) is 16.2 Å². The lowest BCUT2D eigenvalue weighted by Gasteiger charge is -1.99. The van der Waals surface area contributed by atoms with Gasteiger partial charge in [-0.3, -0.25) is 0 Å². The van der Waals surface area contributed by atoms with Gasteiger partial charge in [0.25, 0.3) is 0 Å². The molecule has 72 valence electrons. The first kappa shape index (κ1) is 9.85. The fourth-order valence-corrected chi connectivity index (χ4v) is 1.83. The van der Waals surface area contributed by atoms with Gasteiger partial charge >= 0.3 is 5.97 Å². The maximum Gasteiger partial charge on any atom is 0.348 e. The summed E-state index contributed by atoms with van der Waals surface area (Å²) in [6.07, 6.45) is 0. The summed E-state index contributed by atoms with van der Waals surface area (Å²) in [5.74, 6) is -0.353. The molecule has 1 aromatic rings. The van der Waals surface area contributed by atoms with Crippen molar-refractivity contribution in [1.29, 1.82) is 0 Å². The topological polar surface area (TPSA) is 78.3 Å². The minimum Gasteiger partial charge on any atom is -0.462 e. The van der Waals surface area contributed by atoms with E-state index in [0.29, 0.717) is 27.7 Å². The molecule has 5 heteroatoms. The van der Waals surface area contributed by atoms with Crippen molar-refractivity contribution in [2.24, 2.45) is 0 Å². The van der Waals surface area contributed by atoms with E-state index in [1.165, 1.54) is 11.3 Å². The molecule has 13 heavy (non-hydrogen) atoms. The number of rotatable bonds is 2. The maximum absolute atomic E-state index is 11.3. The van der Waals surface area contributed by atoms with E-state index in [-0.39, 0.29) is 5.97 Å². The maximum atomic E-state index is 11.3. The largest absolute Gasteiger partial charge is 0.462 e. The van der Waals surface area contributed by atoms with Gasteiger partial charge in [0, 0.05) is 0 Å². The SMILES string of the molecule is CCOC(=O)c1sc(N)c(N)c1C. The molecule has 1 aromatic heterocycles. The molecule has 0 aliphatic rings. The van der Waals surface area contributed by atoms with E-state index in [2.05, 4.69) is 0 Å². The van der Waals surface area contributed by atoms with E-state index in [0.717, 1.165) is 0 Å². The van der Waals surface area contributed by atoms with E-state index in [1.54, 1.807) is 13.8 Å². The average Bonchev–Trinajstić information content (AvgIpc) is 2.33. The Morgan fingerprint density at radius 3 is 2.54 bits per heavy atom. The first-order valence-corrected chi connectivity index (χ1v) is 4.71. The predicted octanol–water partition coefficient (Wildman–Crippen LogP) is 1.40. The Morgan fingerprint density at radius 1 is 1.54 bits per heavy atom. The van der Waals surface area contributed by atoms with E-state index in [9.17, 15) is 4.79 Å². The normalized spacial score (nSPS) is 10.0. The third-order valence-electron chi connectivity index (χ3n) is 1.68. The van der Waals surface area contributed by atoms with Gasteiger partial charge in [0.2, 0.25) is 0 Å². The minimum absolute atomic E-state index is 0.353. The summed E-state index contributed by atoms with van der Waals surface area (Å²) in [6, 6.07) is 0. The second kappa shape index (κ2) is 3.66. The van der Waals surface area contributed by atoms with Crippen molar-refractivity contribution in [3.63, 3.8) is 0 Å². The van der Waals surface area contributed by atoms with Gasteiger partial charge in [-0.15, -0.1) is 11.3 Å². The number of nitrogen functional groups attached to an aromatic ring is 2. The Labute approximate surface area is 80.5 Å². The molecule has 0 aliphatic heterocycles. The van der Waals surface area contributed by atoms with E-state index >= 15 is 0 Å². The highest BCUT2D eigenvalue weighted by atomic mass is 32.1. The number of esters is 1. The summed E-state index contributed by atoms with van der Waals surface area (Å²) < 4.78 is 4.84. The van der Waals surface area contributed by atoms with Crippen LogP contribution in [0.4, 0.5) is 10.7 Å². The van der Waals surface area contributed by atoms with Gasteiger partial charge < -0.3 is 16.2 Å². The second-order valence-corrected chi connectivity index (χ2v) is 3.61. The van der Waals surface area contributed by atoms with Crippen molar-refractivity contribution in [2.75, 3.05) is 18.1 Å². The molecular formula is C8H12N2O2S. The highest BCUT2D eigenvalue weighted by Gasteiger charge is 2.17. The summed E-state index contributed by atoms with van der Waals surface area (Å²) in [5.41, 5.74) is 12.4. The predicted molar refractivity (Wildman–Crippen MR) is 53.8 cm³/mol. The molecule has 0 bridgehead atoms. The standard InChI is InChI=1S/C8H12N2O2S/c1-3-12-8(11)6-4(2)5(9)7(10)13-6/h3,9-10H2,1-2H3. The summed E-state index contributed by atoms with van der Waals surface area (Å²) >= 11 is 1.17. The zero-order chi connectivity index (χ0) is 10.0. The van der Waals surface area contributed by atoms with Crippen molar-refractivity contribution in [2.45, 2.75) is 13.8 Å². The van der Waals surface area contributed by atoms with Gasteiger partial charge in [0.15, 0.2) is 0 Å². The summed E-state index contributed by atoms with van der Waals surface area (Å²) in [6.45, 7) is 3.87. The molecule has 0 fully saturated rings. The fraction of sp³-hybridized carbons (Fsp3) is 0.375. The summed E-state index contributed by atoms with van der Waals surface area (Å²) in [7, 11) is 0. The molecule has 0 atom stereocenters. The third-order valence-corrected chi connectivity index (χ3v) is 2.80. The van der Waals surface area contributed by atoms with Crippen molar-refractivity contribution < 1.29 is 9.53 Å². The Hall–Kier alpha value is -1.23. The Kier molecular flexibility index (Phi) is 2.77. The molecule has 0 aromatic carbocycles. The van der Waals surface area contributed by atoms with Crippen LogP contribution >= 0.6 is 11.3 Å². The summed E-state index contributed by atoms with van der Waals surface area (Å²) in [5, 5.41) is 0.473. The zero-order valence-electron chi connectivity index (χ0n) is 7.59. The van der Waals surface area contributed by atoms with Gasteiger partial charge in [-0.05, 0) is 19.4 Å². The summed E-state index contributed by atoms with van der Waals surface area (Å²) in [4.78, 5) is 11.8. The van der Waals surface area contributed by atoms with Crippen LogP contribution in [0.25, 0.3) is 0 Å². The van der Waals surface area contributed by atoms with Crippen LogP contribution in [0.5, 0.6) is 0 Å². The highest BCUT2D eigenvalue weighted by molar-refractivity contribution is 7.18. The smallest absolute Gasteiger partial charge is 0.348 e. The van der Waals surface area contributed by atoms with Crippen LogP contribution in [0.1, 0.15) is 22.2 Å². The molecule has 0 radical (unpaired) electrons. The molecule has 1 heterocycles. The molecule has 0 saturated heterocycles. The van der Waals surface area contributed by atoms with E-state index in [1.807, 2.05) is 0 Å². The van der Waals surface area contributed by atoms with Crippen molar-refractivity contribution in [1.82, 2.24) is 0 Å². The van der Waals surface area contributed by atoms with Crippen LogP contribution in [0.15, 0.2) is 0 Å². The second-order valence-electron chi connectivity index (χ2n) is 2.55. The Bertz CT molecular complexity index is 333. The minimum atomic E-state index is -0.353. The number of carbonyl (C=O) groups is 1. The molecular weight excluding hydrogens is 188 g/mol. The highest BCUT2D eigenvalue weighted by Crippen LogP contribution is 2.32. The van der Waals surface area contributed by atoms with E-state index < -0.39 is 0 Å². The molecule has 0 aliphatic carbocycles. The van der Waals surface area contributed by atoms with Crippen LogP contribution in [-0.2, 0) is 4.74 Å². The number of carbonyl (C=O) groups excluding carboxylic acids is 1. The molecule has 4 N–H and O–H groups in total. The van der Waals surface area contributed by atoms with Crippen molar-refractivity contribution in [3.8, 4) is 0 Å². The van der Waals surface area contributed by atoms with Gasteiger partial charge in [-0.2, -0.15) is 0 Å². The first-order chi connectivity index (χ1) is 6.07. The molecule has 1 rings (SSSR count). The third kappa shape index (κ3) is 1.75. The van der Waals surface area contributed by atoms with Gasteiger partial charge in [0.1, 0.15) is 9.88 Å². The number of hydrogen-bond donors (Lipinski definition) is 2. The Morgan fingerprint density at radius 2 is 2.15 bits per heavy atom. The van der Waals surface area contributed by atoms with Crippen molar-refractivity contribution in [3.05, 3.63) is 10.4 Å². The number of hydrogen-bond acceptors (Lipinski definition) is 5. The van der Waals surface area contributed by atoms with Gasteiger partial charge in [0.05, 0.1) is 12.3 Å². The first-order valence-electron chi connectivity index (χ1n) is 3.89. The molecule has 0 unspecified atom stereocenters. The number of anilines is 2. The zero-order valence-corrected chi connectivity index (χ0v) is 8.40. The number of nitrogens with two attached hydrogens (primary N) is 2. The van der Waals surface area contributed by atoms with Gasteiger partial charge in [-0.1, -0.05) is 0 Å². The Balaban J connectivity index is 3.01. The molecule has 0 saturated carbocycles. The van der Waals surface area contributed by atoms with Crippen LogP contribution in [0.2, 0.25) is 0 Å². The lowest BCUT2D eigenvalue weighted by atomic mass is 10.2. The van der Waals surface area contributed by atoms with Crippen LogP contribution in [0, 0.1) is 6.92 Å². The van der Waals surface area contributed by atoms with Crippen LogP contribution in [0.3, 0.4) is 0 Å².